The van der Waals surface area contributed by atoms with Crippen molar-refractivity contribution < 1.29 is 18.6 Å². The summed E-state index contributed by atoms with van der Waals surface area (Å²) in [5.41, 5.74) is 5.45. The Labute approximate surface area is 99.1 Å². The van der Waals surface area contributed by atoms with E-state index in [-0.39, 0.29) is 22.4 Å². The van der Waals surface area contributed by atoms with Crippen LogP contribution in [0.4, 0.5) is 5.69 Å². The molecule has 0 spiro atoms. The first-order valence-corrected chi connectivity index (χ1v) is 6.65. The summed E-state index contributed by atoms with van der Waals surface area (Å²) in [7, 11) is -3.64. The number of nitrogens with one attached hydrogen (secondary N) is 1. The second-order valence-corrected chi connectivity index (χ2v) is 5.88. The van der Waals surface area contributed by atoms with Crippen molar-refractivity contribution in [2.75, 3.05) is 5.73 Å². The smallest absolute Gasteiger partial charge is 0.240 e. The minimum absolute atomic E-state index is 0.00851. The van der Waals surface area contributed by atoms with Crippen LogP contribution in [0.1, 0.15) is 12.8 Å². The van der Waals surface area contributed by atoms with Crippen molar-refractivity contribution in [1.29, 1.82) is 0 Å². The number of anilines is 1. The van der Waals surface area contributed by atoms with Crippen LogP contribution in [-0.2, 0) is 10.0 Å². The van der Waals surface area contributed by atoms with E-state index in [9.17, 15) is 13.5 Å². The molecule has 0 radical (unpaired) electrons. The second kappa shape index (κ2) is 4.17. The lowest BCUT2D eigenvalue weighted by molar-refractivity contribution is 0.0712. The fourth-order valence-corrected chi connectivity index (χ4v) is 2.97. The monoisotopic (exact) mass is 258 g/mol. The zero-order valence-electron chi connectivity index (χ0n) is 9.00. The molecular formula is C10H14N2O4S. The molecule has 0 atom stereocenters. The molecule has 94 valence electrons. The molecular weight excluding hydrogens is 244 g/mol. The quantitative estimate of drug-likeness (QED) is 0.442. The van der Waals surface area contributed by atoms with Gasteiger partial charge in [-0.1, -0.05) is 0 Å². The summed E-state index contributed by atoms with van der Waals surface area (Å²) in [4.78, 5) is 0.00851. The lowest BCUT2D eigenvalue weighted by atomic mass is 9.91. The Morgan fingerprint density at radius 3 is 2.53 bits per heavy atom. The molecule has 7 heteroatoms. The van der Waals surface area contributed by atoms with E-state index in [1.165, 1.54) is 18.2 Å². The van der Waals surface area contributed by atoms with Crippen molar-refractivity contribution >= 4 is 15.7 Å². The lowest BCUT2D eigenvalue weighted by Gasteiger charge is -2.31. The molecule has 17 heavy (non-hydrogen) atoms. The largest absolute Gasteiger partial charge is 0.506 e. The molecule has 1 fully saturated rings. The highest BCUT2D eigenvalue weighted by Crippen LogP contribution is 2.25. The highest BCUT2D eigenvalue weighted by atomic mass is 32.2. The minimum Gasteiger partial charge on any atom is -0.506 e. The van der Waals surface area contributed by atoms with Crippen LogP contribution < -0.4 is 10.5 Å². The molecule has 0 aromatic heterocycles. The van der Waals surface area contributed by atoms with Crippen LogP contribution in [-0.4, -0.2) is 30.8 Å². The van der Waals surface area contributed by atoms with Gasteiger partial charge in [0.2, 0.25) is 10.0 Å². The summed E-state index contributed by atoms with van der Waals surface area (Å²) in [5.74, 6) is -0.150. The summed E-state index contributed by atoms with van der Waals surface area (Å²) in [6.45, 7) is 0. The Balaban J connectivity index is 2.17. The van der Waals surface area contributed by atoms with Gasteiger partial charge in [0.1, 0.15) is 5.75 Å². The van der Waals surface area contributed by atoms with Gasteiger partial charge in [-0.15, -0.1) is 0 Å². The Hall–Kier alpha value is -1.31. The number of hydrogen-bond donors (Lipinski definition) is 4. The molecule has 0 bridgehead atoms. The molecule has 1 aromatic rings. The first-order valence-electron chi connectivity index (χ1n) is 5.17. The molecule has 0 aliphatic heterocycles. The number of rotatable bonds is 3. The first kappa shape index (κ1) is 12.2. The highest BCUT2D eigenvalue weighted by Gasteiger charge is 2.31. The fourth-order valence-electron chi connectivity index (χ4n) is 1.67. The number of nitrogen functional groups attached to an aromatic ring is 1. The van der Waals surface area contributed by atoms with E-state index in [4.69, 9.17) is 10.8 Å². The lowest BCUT2D eigenvalue weighted by Crippen LogP contribution is -2.46. The minimum atomic E-state index is -3.64. The van der Waals surface area contributed by atoms with Gasteiger partial charge in [-0.3, -0.25) is 0 Å². The van der Waals surface area contributed by atoms with Gasteiger partial charge in [-0.2, -0.15) is 0 Å². The fraction of sp³-hybridized carbons (Fsp3) is 0.400. The molecule has 6 nitrogen and oxygen atoms in total. The van der Waals surface area contributed by atoms with Crippen LogP contribution in [0.15, 0.2) is 23.1 Å². The number of nitrogens with two attached hydrogens (primary N) is 1. The van der Waals surface area contributed by atoms with Crippen molar-refractivity contribution in [2.24, 2.45) is 0 Å². The predicted molar refractivity (Wildman–Crippen MR) is 61.9 cm³/mol. The van der Waals surface area contributed by atoms with Crippen LogP contribution in [0.5, 0.6) is 5.75 Å². The number of phenolic OH excluding ortho intramolecular Hbond substituents is 1. The number of phenols is 1. The van der Waals surface area contributed by atoms with Crippen molar-refractivity contribution in [1.82, 2.24) is 4.72 Å². The van der Waals surface area contributed by atoms with E-state index in [2.05, 4.69) is 4.72 Å². The maximum absolute atomic E-state index is 11.9. The van der Waals surface area contributed by atoms with Crippen molar-refractivity contribution in [3.05, 3.63) is 18.2 Å². The number of aliphatic hydroxyl groups is 1. The van der Waals surface area contributed by atoms with Crippen LogP contribution in [0.2, 0.25) is 0 Å². The molecule has 0 saturated heterocycles. The maximum atomic E-state index is 11.9. The standard InChI is InChI=1S/C10H14N2O4S/c11-9-5-8(1-2-10(9)14)17(15,16)12-6-3-7(13)4-6/h1-2,5-7,12-14H,3-4,11H2. The molecule has 1 saturated carbocycles. The number of hydrogen-bond acceptors (Lipinski definition) is 5. The van der Waals surface area contributed by atoms with Gasteiger partial charge < -0.3 is 15.9 Å². The van der Waals surface area contributed by atoms with Gasteiger partial charge in [-0.05, 0) is 31.0 Å². The number of aromatic hydroxyl groups is 1. The van der Waals surface area contributed by atoms with Gasteiger partial charge >= 0.3 is 0 Å². The van der Waals surface area contributed by atoms with E-state index in [1.54, 1.807) is 0 Å². The Morgan fingerprint density at radius 1 is 1.35 bits per heavy atom. The Bertz CT molecular complexity index is 523. The third kappa shape index (κ3) is 2.51. The SMILES string of the molecule is Nc1cc(S(=O)(=O)NC2CC(O)C2)ccc1O. The third-order valence-electron chi connectivity index (χ3n) is 2.74. The van der Waals surface area contributed by atoms with Crippen molar-refractivity contribution in [2.45, 2.75) is 29.9 Å². The van der Waals surface area contributed by atoms with E-state index in [0.717, 1.165) is 0 Å². The predicted octanol–water partition coefficient (Wildman–Crippen LogP) is -0.224. The topological polar surface area (TPSA) is 113 Å². The first-order chi connectivity index (χ1) is 7.88. The summed E-state index contributed by atoms with van der Waals surface area (Å²) in [6.07, 6.45) is 0.423. The molecule has 0 heterocycles. The van der Waals surface area contributed by atoms with Gasteiger partial charge in [0.25, 0.3) is 0 Å². The summed E-state index contributed by atoms with van der Waals surface area (Å²) < 4.78 is 26.2. The van der Waals surface area contributed by atoms with Gasteiger partial charge in [0.15, 0.2) is 0 Å². The molecule has 0 amide bonds. The van der Waals surface area contributed by atoms with Crippen molar-refractivity contribution in [3.63, 3.8) is 0 Å². The molecule has 1 aliphatic carbocycles. The maximum Gasteiger partial charge on any atom is 0.240 e. The summed E-state index contributed by atoms with van der Waals surface area (Å²) in [5, 5.41) is 18.3. The number of aliphatic hydroxyl groups excluding tert-OH is 1. The van der Waals surface area contributed by atoms with Crippen LogP contribution in [0.25, 0.3) is 0 Å². The van der Waals surface area contributed by atoms with Crippen LogP contribution in [0, 0.1) is 0 Å². The average Bonchev–Trinajstić information content (AvgIpc) is 2.19. The van der Waals surface area contributed by atoms with Crippen LogP contribution >= 0.6 is 0 Å². The van der Waals surface area contributed by atoms with Crippen molar-refractivity contribution in [3.8, 4) is 5.75 Å². The molecule has 2 rings (SSSR count). The van der Waals surface area contributed by atoms with Crippen LogP contribution in [0.3, 0.4) is 0 Å². The molecule has 1 aliphatic rings. The number of sulfonamides is 1. The molecule has 0 unspecified atom stereocenters. The van der Waals surface area contributed by atoms with Gasteiger partial charge in [0, 0.05) is 6.04 Å². The Kier molecular flexibility index (Phi) is 2.98. The summed E-state index contributed by atoms with van der Waals surface area (Å²) in [6, 6.07) is 3.49. The average molecular weight is 258 g/mol. The zero-order valence-corrected chi connectivity index (χ0v) is 9.81. The Morgan fingerprint density at radius 2 is 2.00 bits per heavy atom. The second-order valence-electron chi connectivity index (χ2n) is 4.16. The normalized spacial score (nSPS) is 24.3. The molecule has 1 aromatic carbocycles. The number of benzene rings is 1. The zero-order chi connectivity index (χ0) is 12.6. The highest BCUT2D eigenvalue weighted by molar-refractivity contribution is 7.89. The van der Waals surface area contributed by atoms with E-state index in [1.807, 2.05) is 0 Å². The summed E-state index contributed by atoms with van der Waals surface area (Å²) >= 11 is 0. The molecule has 5 N–H and O–H groups in total. The van der Waals surface area contributed by atoms with E-state index < -0.39 is 16.1 Å². The van der Waals surface area contributed by atoms with E-state index >= 15 is 0 Å². The van der Waals surface area contributed by atoms with E-state index in [0.29, 0.717) is 12.8 Å². The third-order valence-corrected chi connectivity index (χ3v) is 4.26. The van der Waals surface area contributed by atoms with Gasteiger partial charge in [-0.25, -0.2) is 13.1 Å². The van der Waals surface area contributed by atoms with Gasteiger partial charge in [0.05, 0.1) is 16.7 Å².